The number of para-hydroxylation sites is 1. The Labute approximate surface area is 205 Å². The molecular formula is C25H22ClF2N3O4. The monoisotopic (exact) mass is 501 g/mol. The third-order valence-electron chi connectivity index (χ3n) is 6.19. The molecule has 0 radical (unpaired) electrons. The third kappa shape index (κ3) is 4.55. The number of Topliss-reactive ketones (excluding diaryl/α,β-unsaturated/α-hetero) is 1. The zero-order valence-corrected chi connectivity index (χ0v) is 19.9. The van der Waals surface area contributed by atoms with Crippen LogP contribution >= 0.6 is 11.6 Å². The molecule has 1 aliphatic heterocycles. The summed E-state index contributed by atoms with van der Waals surface area (Å²) in [6.07, 6.45) is 0.712. The number of nitrogens with one attached hydrogen (secondary N) is 2. The number of anilines is 1. The van der Waals surface area contributed by atoms with E-state index in [0.717, 1.165) is 12.1 Å². The minimum absolute atomic E-state index is 0.0241. The van der Waals surface area contributed by atoms with Crippen LogP contribution in [0.15, 0.2) is 58.9 Å². The minimum Gasteiger partial charge on any atom is -0.362 e. The molecule has 4 rings (SSSR count). The van der Waals surface area contributed by atoms with Crippen molar-refractivity contribution in [2.24, 2.45) is 5.41 Å². The van der Waals surface area contributed by atoms with Crippen LogP contribution < -0.4 is 10.6 Å². The van der Waals surface area contributed by atoms with Crippen molar-refractivity contribution in [3.8, 4) is 0 Å². The Balaban J connectivity index is 1.88. The highest BCUT2D eigenvalue weighted by Gasteiger charge is 2.43. The van der Waals surface area contributed by atoms with Crippen LogP contribution in [-0.4, -0.2) is 16.6 Å². The molecule has 0 saturated heterocycles. The fraction of sp³-hybridized carbons (Fsp3) is 0.280. The number of carbonyl (C=O) groups excluding carboxylic acids is 2. The van der Waals surface area contributed by atoms with Gasteiger partial charge in [-0.15, -0.1) is 0 Å². The summed E-state index contributed by atoms with van der Waals surface area (Å²) in [4.78, 5) is 37.6. The molecule has 0 bridgehead atoms. The number of rotatable bonds is 4. The normalized spacial score (nSPS) is 19.3. The lowest BCUT2D eigenvalue weighted by Crippen LogP contribution is -2.39. The fourth-order valence-corrected chi connectivity index (χ4v) is 4.90. The van der Waals surface area contributed by atoms with Crippen LogP contribution in [0.5, 0.6) is 0 Å². The van der Waals surface area contributed by atoms with Gasteiger partial charge in [0.2, 0.25) is 0 Å². The second-order valence-corrected chi connectivity index (χ2v) is 9.86. The Bertz CT molecular complexity index is 1330. The van der Waals surface area contributed by atoms with Crippen LogP contribution in [0.2, 0.25) is 5.02 Å². The number of nitrogens with zero attached hydrogens (tertiary/aromatic N) is 1. The Morgan fingerprint density at radius 1 is 1.20 bits per heavy atom. The van der Waals surface area contributed by atoms with Crippen LogP contribution in [-0.2, 0) is 9.59 Å². The van der Waals surface area contributed by atoms with E-state index >= 15 is 0 Å². The molecule has 35 heavy (non-hydrogen) atoms. The van der Waals surface area contributed by atoms with E-state index in [4.69, 9.17) is 11.6 Å². The summed E-state index contributed by atoms with van der Waals surface area (Å²) in [5.74, 6) is -3.99. The van der Waals surface area contributed by atoms with Crippen molar-refractivity contribution in [2.45, 2.75) is 39.5 Å². The molecule has 1 heterocycles. The number of benzene rings is 2. The van der Waals surface area contributed by atoms with Crippen LogP contribution in [0, 0.1) is 27.2 Å². The second-order valence-electron chi connectivity index (χ2n) is 9.45. The highest BCUT2D eigenvalue weighted by atomic mass is 35.5. The van der Waals surface area contributed by atoms with Gasteiger partial charge < -0.3 is 10.6 Å². The molecule has 1 amide bonds. The maximum absolute atomic E-state index is 14.3. The van der Waals surface area contributed by atoms with Gasteiger partial charge in [0.05, 0.1) is 4.92 Å². The van der Waals surface area contributed by atoms with E-state index in [2.05, 4.69) is 10.6 Å². The van der Waals surface area contributed by atoms with E-state index in [-0.39, 0.29) is 33.9 Å². The molecule has 1 aliphatic carbocycles. The molecule has 2 aromatic rings. The van der Waals surface area contributed by atoms with E-state index in [1.165, 1.54) is 24.3 Å². The van der Waals surface area contributed by atoms with Crippen LogP contribution in [0.3, 0.4) is 0 Å². The Morgan fingerprint density at radius 2 is 1.86 bits per heavy atom. The fourth-order valence-electron chi connectivity index (χ4n) is 4.72. The molecule has 182 valence electrons. The Hall–Kier alpha value is -3.59. The first-order valence-corrected chi connectivity index (χ1v) is 11.2. The second kappa shape index (κ2) is 8.88. The maximum Gasteiger partial charge on any atom is 0.288 e. The van der Waals surface area contributed by atoms with Gasteiger partial charge in [0, 0.05) is 40.9 Å². The van der Waals surface area contributed by atoms with Crippen molar-refractivity contribution in [3.05, 3.63) is 91.3 Å². The van der Waals surface area contributed by atoms with E-state index in [9.17, 15) is 28.5 Å². The summed E-state index contributed by atoms with van der Waals surface area (Å²) in [6, 6.07) is 7.24. The highest BCUT2D eigenvalue weighted by Crippen LogP contribution is 2.47. The van der Waals surface area contributed by atoms with Gasteiger partial charge in [0.15, 0.2) is 5.78 Å². The molecule has 0 aromatic heterocycles. The van der Waals surface area contributed by atoms with Crippen molar-refractivity contribution in [1.29, 1.82) is 0 Å². The molecular weight excluding hydrogens is 480 g/mol. The van der Waals surface area contributed by atoms with Gasteiger partial charge >= 0.3 is 0 Å². The largest absolute Gasteiger partial charge is 0.362 e. The third-order valence-corrected chi connectivity index (χ3v) is 6.51. The van der Waals surface area contributed by atoms with Crippen LogP contribution in [0.4, 0.5) is 20.2 Å². The number of carbonyl (C=O) groups is 2. The summed E-state index contributed by atoms with van der Waals surface area (Å²) in [5, 5.41) is 16.8. The van der Waals surface area contributed by atoms with Crippen molar-refractivity contribution >= 4 is 34.7 Å². The van der Waals surface area contributed by atoms with E-state index in [1.54, 1.807) is 6.92 Å². The van der Waals surface area contributed by atoms with Crippen molar-refractivity contribution in [1.82, 2.24) is 5.32 Å². The zero-order valence-electron chi connectivity index (χ0n) is 19.2. The first-order valence-electron chi connectivity index (χ1n) is 10.8. The number of amides is 1. The van der Waals surface area contributed by atoms with Crippen molar-refractivity contribution in [2.75, 3.05) is 5.32 Å². The lowest BCUT2D eigenvalue weighted by molar-refractivity contribution is -0.384. The number of allylic oxidation sites excluding steroid dienone is 3. The predicted molar refractivity (Wildman–Crippen MR) is 127 cm³/mol. The van der Waals surface area contributed by atoms with Gasteiger partial charge in [0.1, 0.15) is 22.3 Å². The van der Waals surface area contributed by atoms with E-state index in [0.29, 0.717) is 29.0 Å². The van der Waals surface area contributed by atoms with E-state index in [1.807, 2.05) is 13.8 Å². The number of halogens is 3. The van der Waals surface area contributed by atoms with E-state index < -0.39 is 34.1 Å². The number of nitro benzene ring substituents is 1. The molecule has 7 nitrogen and oxygen atoms in total. The first kappa shape index (κ1) is 24.5. The topological polar surface area (TPSA) is 101 Å². The molecule has 10 heteroatoms. The average molecular weight is 502 g/mol. The van der Waals surface area contributed by atoms with Crippen LogP contribution in [0.25, 0.3) is 0 Å². The van der Waals surface area contributed by atoms with Gasteiger partial charge in [0.25, 0.3) is 11.6 Å². The number of hydrogen-bond donors (Lipinski definition) is 2. The summed E-state index contributed by atoms with van der Waals surface area (Å²) in [6.45, 7) is 5.50. The smallest absolute Gasteiger partial charge is 0.288 e. The van der Waals surface area contributed by atoms with Gasteiger partial charge in [-0.1, -0.05) is 37.6 Å². The molecule has 0 spiro atoms. The zero-order chi connectivity index (χ0) is 25.7. The molecule has 0 saturated carbocycles. The molecule has 2 aliphatic rings. The lowest BCUT2D eigenvalue weighted by Gasteiger charge is -2.39. The highest BCUT2D eigenvalue weighted by molar-refractivity contribution is 6.32. The summed E-state index contributed by atoms with van der Waals surface area (Å²) < 4.78 is 28.5. The lowest BCUT2D eigenvalue weighted by atomic mass is 9.68. The first-order chi connectivity index (χ1) is 16.4. The molecule has 1 atom stereocenters. The Kier molecular flexibility index (Phi) is 6.23. The molecule has 0 fully saturated rings. The number of dihydropyridines is 1. The van der Waals surface area contributed by atoms with Crippen molar-refractivity contribution < 1.29 is 23.3 Å². The number of nitro groups is 1. The average Bonchev–Trinajstić information content (AvgIpc) is 2.74. The van der Waals surface area contributed by atoms with Gasteiger partial charge in [-0.25, -0.2) is 8.78 Å². The number of hydrogen-bond acceptors (Lipinski definition) is 5. The van der Waals surface area contributed by atoms with Crippen LogP contribution in [0.1, 0.15) is 45.1 Å². The predicted octanol–water partition coefficient (Wildman–Crippen LogP) is 5.77. The van der Waals surface area contributed by atoms with Gasteiger partial charge in [-0.2, -0.15) is 0 Å². The summed E-state index contributed by atoms with van der Waals surface area (Å²) >= 11 is 6.00. The Morgan fingerprint density at radius 3 is 2.49 bits per heavy atom. The molecule has 2 aromatic carbocycles. The quantitative estimate of drug-likeness (QED) is 0.409. The standard InChI is InChI=1S/C25H22ClF2N3O4/c1-12-20(24(33)30-23-15(27)5-4-6-16(23)28)21(13-7-8-14(26)18(9-13)31(34)35)22-17(29-12)10-25(2,3)11-19(22)32/h4-9,21,29H,10-11H2,1-3H3,(H,30,33). The summed E-state index contributed by atoms with van der Waals surface area (Å²) in [7, 11) is 0. The minimum atomic E-state index is -0.999. The van der Waals surface area contributed by atoms with Gasteiger partial charge in [-0.05, 0) is 42.5 Å². The number of ketones is 1. The molecule has 1 unspecified atom stereocenters. The molecule has 2 N–H and O–H groups in total. The summed E-state index contributed by atoms with van der Waals surface area (Å²) in [5.41, 5.74) is 0.241. The van der Waals surface area contributed by atoms with Crippen molar-refractivity contribution in [3.63, 3.8) is 0 Å². The SMILES string of the molecule is CC1=C(C(=O)Nc2c(F)cccc2F)C(c2ccc(Cl)c([N+](=O)[O-])c2)C2=C(CC(C)(C)CC2=O)N1. The maximum atomic E-state index is 14.3. The van der Waals surface area contributed by atoms with Gasteiger partial charge in [-0.3, -0.25) is 19.7 Å².